The topological polar surface area (TPSA) is 90.3 Å². The van der Waals surface area contributed by atoms with Crippen LogP contribution in [-0.2, 0) is 14.3 Å². The van der Waals surface area contributed by atoms with Crippen LogP contribution in [0.5, 0.6) is 0 Å². The molecule has 0 saturated carbocycles. The molecular formula is C21H20ClN3O4S. The minimum atomic E-state index is -0.621. The summed E-state index contributed by atoms with van der Waals surface area (Å²) in [5.74, 6) is -0.828. The minimum Gasteiger partial charge on any atom is -0.456 e. The average molecular weight is 446 g/mol. The van der Waals surface area contributed by atoms with Gasteiger partial charge in [0.25, 0.3) is 5.91 Å². The monoisotopic (exact) mass is 445 g/mol. The molecule has 0 radical (unpaired) electrons. The Morgan fingerprint density at radius 2 is 1.83 bits per heavy atom. The zero-order valence-corrected chi connectivity index (χ0v) is 18.0. The molecule has 3 rings (SSSR count). The number of ketones is 1. The number of halogens is 1. The summed E-state index contributed by atoms with van der Waals surface area (Å²) in [6.45, 7) is 3.35. The number of nitrogens with one attached hydrogen (secondary N) is 1. The Morgan fingerprint density at radius 1 is 1.10 bits per heavy atom. The van der Waals surface area contributed by atoms with Crippen molar-refractivity contribution >= 4 is 46.4 Å². The van der Waals surface area contributed by atoms with E-state index in [9.17, 15) is 14.4 Å². The minimum absolute atomic E-state index is 0.00329. The third-order valence-corrected chi connectivity index (χ3v) is 5.42. The number of amides is 1. The number of aryl methyl sites for hydroxylation is 2. The van der Waals surface area contributed by atoms with Crippen molar-refractivity contribution in [2.75, 3.05) is 11.9 Å². The number of thiophene rings is 1. The van der Waals surface area contributed by atoms with Crippen molar-refractivity contribution in [3.8, 4) is 5.69 Å². The van der Waals surface area contributed by atoms with Crippen LogP contribution in [0.1, 0.15) is 33.8 Å². The Bertz CT molecular complexity index is 1070. The number of esters is 1. The van der Waals surface area contributed by atoms with Crippen LogP contribution in [-0.4, -0.2) is 34.0 Å². The predicted octanol–water partition coefficient (Wildman–Crippen LogP) is 4.35. The molecule has 0 saturated heterocycles. The summed E-state index contributed by atoms with van der Waals surface area (Å²) in [7, 11) is 0. The lowest BCUT2D eigenvalue weighted by Gasteiger charge is -2.09. The van der Waals surface area contributed by atoms with Gasteiger partial charge in [-0.1, -0.05) is 29.3 Å². The van der Waals surface area contributed by atoms with Gasteiger partial charge >= 0.3 is 5.97 Å². The molecule has 1 amide bonds. The fourth-order valence-corrected chi connectivity index (χ4v) is 3.68. The number of nitrogens with zero attached hydrogens (tertiary/aromatic N) is 2. The van der Waals surface area contributed by atoms with E-state index >= 15 is 0 Å². The zero-order valence-electron chi connectivity index (χ0n) is 16.5. The molecule has 0 atom stereocenters. The first-order chi connectivity index (χ1) is 14.3. The Balaban J connectivity index is 1.50. The van der Waals surface area contributed by atoms with E-state index in [0.29, 0.717) is 15.0 Å². The van der Waals surface area contributed by atoms with Crippen molar-refractivity contribution in [2.24, 2.45) is 0 Å². The fourth-order valence-electron chi connectivity index (χ4n) is 2.67. The van der Waals surface area contributed by atoms with Crippen LogP contribution in [0, 0.1) is 13.8 Å². The van der Waals surface area contributed by atoms with E-state index in [2.05, 4.69) is 10.4 Å². The number of anilines is 1. The van der Waals surface area contributed by atoms with Crippen molar-refractivity contribution in [1.82, 2.24) is 9.78 Å². The summed E-state index contributed by atoms with van der Waals surface area (Å²) in [4.78, 5) is 36.6. The molecule has 0 fully saturated rings. The molecule has 0 spiro atoms. The number of Topliss-reactive ketones (excluding diaryl/α,β-unsaturated/α-hetero) is 1. The summed E-state index contributed by atoms with van der Waals surface area (Å²) < 4.78 is 7.10. The second-order valence-electron chi connectivity index (χ2n) is 6.65. The van der Waals surface area contributed by atoms with Gasteiger partial charge in [-0.05, 0) is 38.1 Å². The summed E-state index contributed by atoms with van der Waals surface area (Å²) in [5.41, 5.74) is 2.64. The standard InChI is InChI=1S/C21H20ClN3O4S/c1-13-3-5-15(6-4-13)25-19(11-14(2)24-25)23-20(27)12-29-21(28)10-7-16(26)17-8-9-18(22)30-17/h3-6,8-9,11H,7,10,12H2,1-2H3,(H,23,27). The molecule has 7 nitrogen and oxygen atoms in total. The van der Waals surface area contributed by atoms with E-state index in [1.165, 1.54) is 0 Å². The molecule has 1 N–H and O–H groups in total. The first-order valence-corrected chi connectivity index (χ1v) is 10.4. The predicted molar refractivity (Wildman–Crippen MR) is 116 cm³/mol. The lowest BCUT2D eigenvalue weighted by Crippen LogP contribution is -2.22. The summed E-state index contributed by atoms with van der Waals surface area (Å²) >= 11 is 6.96. The maximum absolute atomic E-state index is 12.2. The van der Waals surface area contributed by atoms with Crippen molar-refractivity contribution in [2.45, 2.75) is 26.7 Å². The largest absolute Gasteiger partial charge is 0.456 e. The van der Waals surface area contributed by atoms with E-state index < -0.39 is 18.5 Å². The third kappa shape index (κ3) is 5.77. The molecule has 9 heteroatoms. The maximum Gasteiger partial charge on any atom is 0.306 e. The van der Waals surface area contributed by atoms with Gasteiger partial charge in [-0.2, -0.15) is 5.10 Å². The lowest BCUT2D eigenvalue weighted by atomic mass is 10.2. The van der Waals surface area contributed by atoms with Crippen LogP contribution in [0.15, 0.2) is 42.5 Å². The Labute approximate surface area is 182 Å². The summed E-state index contributed by atoms with van der Waals surface area (Å²) in [5, 5.41) is 7.08. The second kappa shape index (κ2) is 9.69. The molecule has 30 heavy (non-hydrogen) atoms. The first kappa shape index (κ1) is 21.7. The van der Waals surface area contributed by atoms with Crippen molar-refractivity contribution < 1.29 is 19.1 Å². The Hall–Kier alpha value is -2.97. The Morgan fingerprint density at radius 3 is 2.50 bits per heavy atom. The smallest absolute Gasteiger partial charge is 0.306 e. The molecule has 0 bridgehead atoms. The lowest BCUT2D eigenvalue weighted by molar-refractivity contribution is -0.147. The van der Waals surface area contributed by atoms with E-state index in [0.717, 1.165) is 28.3 Å². The molecule has 0 aliphatic rings. The molecule has 3 aromatic rings. The summed E-state index contributed by atoms with van der Waals surface area (Å²) in [6.07, 6.45) is -0.112. The molecular weight excluding hydrogens is 426 g/mol. The zero-order chi connectivity index (χ0) is 21.7. The van der Waals surface area contributed by atoms with E-state index in [-0.39, 0.29) is 18.6 Å². The highest BCUT2D eigenvalue weighted by atomic mass is 35.5. The van der Waals surface area contributed by atoms with Crippen molar-refractivity contribution in [3.63, 3.8) is 0 Å². The fraction of sp³-hybridized carbons (Fsp3) is 0.238. The van der Waals surface area contributed by atoms with Crippen LogP contribution in [0.25, 0.3) is 5.69 Å². The Kier molecular flexibility index (Phi) is 7.02. The average Bonchev–Trinajstić information content (AvgIpc) is 3.30. The number of rotatable bonds is 8. The molecule has 2 aromatic heterocycles. The van der Waals surface area contributed by atoms with Crippen LogP contribution >= 0.6 is 22.9 Å². The number of hydrogen-bond acceptors (Lipinski definition) is 6. The van der Waals surface area contributed by atoms with E-state index in [1.54, 1.807) is 22.9 Å². The van der Waals surface area contributed by atoms with Crippen LogP contribution in [0.3, 0.4) is 0 Å². The van der Waals surface area contributed by atoms with Gasteiger partial charge in [0.05, 0.1) is 27.0 Å². The SMILES string of the molecule is Cc1ccc(-n2nc(C)cc2NC(=O)COC(=O)CCC(=O)c2ccc(Cl)s2)cc1. The van der Waals surface area contributed by atoms with Crippen molar-refractivity contribution in [3.05, 3.63) is 62.9 Å². The number of ether oxygens (including phenoxy) is 1. The molecule has 1 aromatic carbocycles. The maximum atomic E-state index is 12.2. The number of hydrogen-bond donors (Lipinski definition) is 1. The first-order valence-electron chi connectivity index (χ1n) is 9.19. The number of aromatic nitrogens is 2. The van der Waals surface area contributed by atoms with Gasteiger partial charge in [0.2, 0.25) is 0 Å². The van der Waals surface area contributed by atoms with Crippen LogP contribution in [0.4, 0.5) is 5.82 Å². The summed E-state index contributed by atoms with van der Waals surface area (Å²) in [6, 6.07) is 12.7. The van der Waals surface area contributed by atoms with Gasteiger partial charge in [0.15, 0.2) is 12.4 Å². The number of benzene rings is 1. The second-order valence-corrected chi connectivity index (χ2v) is 8.37. The van der Waals surface area contributed by atoms with Gasteiger partial charge in [-0.3, -0.25) is 14.4 Å². The highest BCUT2D eigenvalue weighted by Crippen LogP contribution is 2.23. The van der Waals surface area contributed by atoms with Crippen LogP contribution in [0.2, 0.25) is 4.34 Å². The van der Waals surface area contributed by atoms with E-state index in [1.807, 2.05) is 38.1 Å². The number of carbonyl (C=O) groups excluding carboxylic acids is 3. The van der Waals surface area contributed by atoms with Gasteiger partial charge < -0.3 is 10.1 Å². The van der Waals surface area contributed by atoms with E-state index in [4.69, 9.17) is 16.3 Å². The highest BCUT2D eigenvalue weighted by Gasteiger charge is 2.15. The van der Waals surface area contributed by atoms with Gasteiger partial charge in [-0.25, -0.2) is 4.68 Å². The van der Waals surface area contributed by atoms with Crippen molar-refractivity contribution in [1.29, 1.82) is 0 Å². The molecule has 0 unspecified atom stereocenters. The normalized spacial score (nSPS) is 10.6. The number of carbonyl (C=O) groups is 3. The van der Waals surface area contributed by atoms with Crippen LogP contribution < -0.4 is 5.32 Å². The quantitative estimate of drug-likeness (QED) is 0.411. The molecule has 2 heterocycles. The highest BCUT2D eigenvalue weighted by molar-refractivity contribution is 7.18. The molecule has 0 aliphatic heterocycles. The van der Waals surface area contributed by atoms with Gasteiger partial charge in [-0.15, -0.1) is 11.3 Å². The third-order valence-electron chi connectivity index (χ3n) is 4.15. The van der Waals surface area contributed by atoms with Gasteiger partial charge in [0, 0.05) is 12.5 Å². The molecule has 156 valence electrons. The van der Waals surface area contributed by atoms with Gasteiger partial charge in [0.1, 0.15) is 5.82 Å². The molecule has 0 aliphatic carbocycles.